The number of aromatic nitrogens is 2. The van der Waals surface area contributed by atoms with Crippen LogP contribution in [0.25, 0.3) is 16.6 Å². The van der Waals surface area contributed by atoms with Crippen LogP contribution < -0.4 is 5.56 Å². The van der Waals surface area contributed by atoms with E-state index in [1.807, 2.05) is 12.3 Å². The summed E-state index contributed by atoms with van der Waals surface area (Å²) in [7, 11) is 0. The first-order valence-corrected chi connectivity index (χ1v) is 6.01. The maximum Gasteiger partial charge on any atom is 0.338 e. The molecule has 0 atom stereocenters. The Morgan fingerprint density at radius 1 is 1.32 bits per heavy atom. The van der Waals surface area contributed by atoms with Crippen LogP contribution in [-0.4, -0.2) is 22.0 Å². The number of rotatable bonds is 2. The van der Waals surface area contributed by atoms with Crippen LogP contribution in [0, 0.1) is 0 Å². The molecule has 0 unspecified atom stereocenters. The molecule has 1 N–H and O–H groups in total. The predicted octanol–water partition coefficient (Wildman–Crippen LogP) is 1.96. The van der Waals surface area contributed by atoms with Crippen molar-refractivity contribution in [2.75, 3.05) is 6.61 Å². The minimum atomic E-state index is -0.391. The number of ether oxygens (including phenoxy) is 1. The van der Waals surface area contributed by atoms with Crippen LogP contribution in [0.1, 0.15) is 17.3 Å². The van der Waals surface area contributed by atoms with Gasteiger partial charge in [-0.1, -0.05) is 0 Å². The second kappa shape index (κ2) is 4.28. The monoisotopic (exact) mass is 256 g/mol. The van der Waals surface area contributed by atoms with E-state index in [2.05, 4.69) is 4.98 Å². The second-order valence-electron chi connectivity index (χ2n) is 4.17. The van der Waals surface area contributed by atoms with Crippen molar-refractivity contribution in [3.8, 4) is 0 Å². The summed E-state index contributed by atoms with van der Waals surface area (Å²) in [5.74, 6) is -0.391. The topological polar surface area (TPSA) is 63.6 Å². The number of carbonyl (C=O) groups is 1. The Morgan fingerprint density at radius 2 is 2.16 bits per heavy atom. The summed E-state index contributed by atoms with van der Waals surface area (Å²) in [5.41, 5.74) is 2.28. The molecule has 19 heavy (non-hydrogen) atoms. The number of aromatic amines is 1. The third-order valence-electron chi connectivity index (χ3n) is 3.00. The van der Waals surface area contributed by atoms with Crippen LogP contribution in [0.5, 0.6) is 0 Å². The molecule has 0 radical (unpaired) electrons. The molecule has 2 heterocycles. The molecule has 0 bridgehead atoms. The van der Waals surface area contributed by atoms with E-state index in [4.69, 9.17) is 4.74 Å². The van der Waals surface area contributed by atoms with Gasteiger partial charge in [0.25, 0.3) is 5.56 Å². The third kappa shape index (κ3) is 1.79. The first kappa shape index (κ1) is 11.5. The molecule has 5 heteroatoms. The molecule has 3 aromatic rings. The maximum atomic E-state index is 11.9. The van der Waals surface area contributed by atoms with E-state index in [0.717, 1.165) is 5.52 Å². The molecular formula is C14H12N2O3. The van der Waals surface area contributed by atoms with E-state index in [1.54, 1.807) is 35.6 Å². The SMILES string of the molecule is CCOC(=O)c1ccc2c(c1)[nH]c(=O)c1cccn12. The normalized spacial score (nSPS) is 11.0. The molecule has 96 valence electrons. The number of nitrogens with one attached hydrogen (secondary N) is 1. The lowest BCUT2D eigenvalue weighted by molar-refractivity contribution is 0.0526. The first-order valence-electron chi connectivity index (χ1n) is 6.01. The second-order valence-corrected chi connectivity index (χ2v) is 4.17. The van der Waals surface area contributed by atoms with E-state index in [9.17, 15) is 9.59 Å². The van der Waals surface area contributed by atoms with Gasteiger partial charge < -0.3 is 14.1 Å². The van der Waals surface area contributed by atoms with Crippen LogP contribution in [0.2, 0.25) is 0 Å². The third-order valence-corrected chi connectivity index (χ3v) is 3.00. The van der Waals surface area contributed by atoms with Crippen molar-refractivity contribution in [1.29, 1.82) is 0 Å². The fraction of sp³-hybridized carbons (Fsp3) is 0.143. The molecule has 0 aliphatic heterocycles. The van der Waals surface area contributed by atoms with Crippen LogP contribution in [0.15, 0.2) is 41.3 Å². The summed E-state index contributed by atoms with van der Waals surface area (Å²) < 4.78 is 6.74. The van der Waals surface area contributed by atoms with E-state index < -0.39 is 5.97 Å². The van der Waals surface area contributed by atoms with Crippen molar-refractivity contribution in [2.45, 2.75) is 6.92 Å². The average Bonchev–Trinajstić information content (AvgIpc) is 2.88. The summed E-state index contributed by atoms with van der Waals surface area (Å²) in [5, 5.41) is 0. The van der Waals surface area contributed by atoms with Gasteiger partial charge >= 0.3 is 5.97 Å². The molecule has 0 saturated heterocycles. The van der Waals surface area contributed by atoms with Gasteiger partial charge in [-0.2, -0.15) is 0 Å². The van der Waals surface area contributed by atoms with E-state index in [-0.39, 0.29) is 5.56 Å². The number of esters is 1. The summed E-state index contributed by atoms with van der Waals surface area (Å²) in [6.45, 7) is 2.08. The van der Waals surface area contributed by atoms with Gasteiger partial charge in [-0.3, -0.25) is 4.79 Å². The molecule has 5 nitrogen and oxygen atoms in total. The highest BCUT2D eigenvalue weighted by Crippen LogP contribution is 2.15. The van der Waals surface area contributed by atoms with Crippen molar-refractivity contribution in [3.05, 3.63) is 52.4 Å². The summed E-state index contributed by atoms with van der Waals surface area (Å²) in [6.07, 6.45) is 1.82. The van der Waals surface area contributed by atoms with Crippen molar-refractivity contribution < 1.29 is 9.53 Å². The van der Waals surface area contributed by atoms with Crippen LogP contribution in [0.3, 0.4) is 0 Å². The van der Waals surface area contributed by atoms with Gasteiger partial charge in [-0.25, -0.2) is 4.79 Å². The van der Waals surface area contributed by atoms with Gasteiger partial charge in [-0.05, 0) is 37.3 Å². The number of hydrogen-bond acceptors (Lipinski definition) is 3. The number of hydrogen-bond donors (Lipinski definition) is 1. The zero-order chi connectivity index (χ0) is 13.4. The van der Waals surface area contributed by atoms with Crippen molar-refractivity contribution in [2.24, 2.45) is 0 Å². The number of carbonyl (C=O) groups excluding carboxylic acids is 1. The van der Waals surface area contributed by atoms with Gasteiger partial charge in [-0.15, -0.1) is 0 Å². The quantitative estimate of drug-likeness (QED) is 0.713. The Hall–Kier alpha value is -2.56. The number of nitrogens with zero attached hydrogens (tertiary/aromatic N) is 1. The van der Waals surface area contributed by atoms with Gasteiger partial charge in [0.15, 0.2) is 0 Å². The zero-order valence-corrected chi connectivity index (χ0v) is 10.3. The van der Waals surface area contributed by atoms with Crippen molar-refractivity contribution in [1.82, 2.24) is 9.38 Å². The van der Waals surface area contributed by atoms with Gasteiger partial charge in [0.2, 0.25) is 0 Å². The Morgan fingerprint density at radius 3 is 2.95 bits per heavy atom. The highest BCUT2D eigenvalue weighted by molar-refractivity contribution is 5.94. The highest BCUT2D eigenvalue weighted by atomic mass is 16.5. The average molecular weight is 256 g/mol. The lowest BCUT2D eigenvalue weighted by atomic mass is 10.2. The Balaban J connectivity index is 2.26. The molecule has 3 rings (SSSR count). The summed E-state index contributed by atoms with van der Waals surface area (Å²) in [4.78, 5) is 26.3. The lowest BCUT2D eigenvalue weighted by Crippen LogP contribution is -2.11. The molecular weight excluding hydrogens is 244 g/mol. The summed E-state index contributed by atoms with van der Waals surface area (Å²) >= 11 is 0. The predicted molar refractivity (Wildman–Crippen MR) is 71.5 cm³/mol. The van der Waals surface area contributed by atoms with Gasteiger partial charge in [0.1, 0.15) is 5.52 Å². The molecule has 0 aliphatic rings. The minimum absolute atomic E-state index is 0.182. The Bertz CT molecular complexity index is 829. The molecule has 0 spiro atoms. The Labute approximate surface area is 108 Å². The molecule has 1 aromatic carbocycles. The Kier molecular flexibility index (Phi) is 2.59. The number of fused-ring (bicyclic) bond motifs is 3. The molecule has 2 aromatic heterocycles. The van der Waals surface area contributed by atoms with Crippen molar-refractivity contribution >= 4 is 22.5 Å². The zero-order valence-electron chi connectivity index (χ0n) is 10.3. The highest BCUT2D eigenvalue weighted by Gasteiger charge is 2.09. The smallest absolute Gasteiger partial charge is 0.338 e. The fourth-order valence-corrected chi connectivity index (χ4v) is 2.15. The standard InChI is InChI=1S/C14H12N2O3/c1-2-19-14(18)9-5-6-11-10(8-9)15-13(17)12-4-3-7-16(11)12/h3-8H,2H2,1H3,(H,15,17). The summed E-state index contributed by atoms with van der Waals surface area (Å²) in [6, 6.07) is 8.68. The first-order chi connectivity index (χ1) is 9.20. The molecule has 0 fully saturated rings. The van der Waals surface area contributed by atoms with E-state index >= 15 is 0 Å². The van der Waals surface area contributed by atoms with E-state index in [0.29, 0.717) is 23.2 Å². The molecule has 0 amide bonds. The van der Waals surface area contributed by atoms with Crippen LogP contribution in [-0.2, 0) is 4.74 Å². The van der Waals surface area contributed by atoms with E-state index in [1.165, 1.54) is 0 Å². The maximum absolute atomic E-state index is 11.9. The van der Waals surface area contributed by atoms with Gasteiger partial charge in [0, 0.05) is 6.20 Å². The van der Waals surface area contributed by atoms with Crippen LogP contribution >= 0.6 is 0 Å². The lowest BCUT2D eigenvalue weighted by Gasteiger charge is -2.05. The fourth-order valence-electron chi connectivity index (χ4n) is 2.15. The van der Waals surface area contributed by atoms with Crippen molar-refractivity contribution in [3.63, 3.8) is 0 Å². The minimum Gasteiger partial charge on any atom is -0.462 e. The number of H-pyrrole nitrogens is 1. The number of benzene rings is 1. The molecule has 0 saturated carbocycles. The largest absolute Gasteiger partial charge is 0.462 e. The van der Waals surface area contributed by atoms with Crippen LogP contribution in [0.4, 0.5) is 0 Å². The van der Waals surface area contributed by atoms with Gasteiger partial charge in [0.05, 0.1) is 23.2 Å². The molecule has 0 aliphatic carbocycles.